The second kappa shape index (κ2) is 7.03. The van der Waals surface area contributed by atoms with Crippen LogP contribution in [0.1, 0.15) is 33.4 Å². The molecule has 2 atom stereocenters. The highest BCUT2D eigenvalue weighted by molar-refractivity contribution is 6.04. The summed E-state index contributed by atoms with van der Waals surface area (Å²) in [5, 5.41) is 2.90. The number of fused-ring (bicyclic) bond motifs is 1. The lowest BCUT2D eigenvalue weighted by Crippen LogP contribution is -2.44. The molecule has 2 amide bonds. The average Bonchev–Trinajstić information content (AvgIpc) is 2.72. The van der Waals surface area contributed by atoms with E-state index in [1.165, 1.54) is 0 Å². The standard InChI is InChI=1S/C22H19N3O2/c1-25-20(15-9-3-2-4-10-15)19(16-11-5-6-12-17(16)22(25)27)21(26)24-18-13-7-8-14-23-18/h2-14,19-20H,1H3,(H,23,24,26). The van der Waals surface area contributed by atoms with Gasteiger partial charge in [-0.1, -0.05) is 54.6 Å². The van der Waals surface area contributed by atoms with Crippen molar-refractivity contribution in [1.82, 2.24) is 9.88 Å². The molecule has 2 aromatic carbocycles. The zero-order valence-electron chi connectivity index (χ0n) is 14.9. The normalized spacial score (nSPS) is 18.7. The molecular weight excluding hydrogens is 338 g/mol. The van der Waals surface area contributed by atoms with Gasteiger partial charge in [0.1, 0.15) is 5.82 Å². The zero-order chi connectivity index (χ0) is 18.8. The summed E-state index contributed by atoms with van der Waals surface area (Å²) in [6.45, 7) is 0. The third-order valence-corrected chi connectivity index (χ3v) is 4.92. The summed E-state index contributed by atoms with van der Waals surface area (Å²) in [6.07, 6.45) is 1.63. The molecule has 0 spiro atoms. The first-order valence-corrected chi connectivity index (χ1v) is 8.80. The molecule has 0 fully saturated rings. The Hall–Kier alpha value is -3.47. The number of likely N-dealkylation sites (N-methyl/N-ethyl adjacent to an activating group) is 1. The molecular formula is C22H19N3O2. The highest BCUT2D eigenvalue weighted by Gasteiger charge is 2.42. The predicted octanol–water partition coefficient (Wildman–Crippen LogP) is 3.63. The molecule has 0 aliphatic carbocycles. The van der Waals surface area contributed by atoms with Crippen molar-refractivity contribution in [2.45, 2.75) is 12.0 Å². The molecule has 0 saturated carbocycles. The molecule has 2 heterocycles. The Balaban J connectivity index is 1.81. The lowest BCUT2D eigenvalue weighted by Gasteiger charge is -2.39. The maximum Gasteiger partial charge on any atom is 0.254 e. The molecule has 134 valence electrons. The zero-order valence-corrected chi connectivity index (χ0v) is 14.9. The Morgan fingerprint density at radius 1 is 0.963 bits per heavy atom. The lowest BCUT2D eigenvalue weighted by atomic mass is 9.79. The largest absolute Gasteiger partial charge is 0.334 e. The average molecular weight is 357 g/mol. The van der Waals surface area contributed by atoms with Gasteiger partial charge in [-0.15, -0.1) is 0 Å². The number of carbonyl (C=O) groups excluding carboxylic acids is 2. The van der Waals surface area contributed by atoms with Crippen molar-refractivity contribution in [3.8, 4) is 0 Å². The first kappa shape index (κ1) is 17.0. The Labute approximate surface area is 157 Å². The van der Waals surface area contributed by atoms with Gasteiger partial charge in [-0.05, 0) is 29.3 Å². The van der Waals surface area contributed by atoms with Gasteiger partial charge in [-0.2, -0.15) is 0 Å². The maximum atomic E-state index is 13.3. The minimum absolute atomic E-state index is 0.0821. The van der Waals surface area contributed by atoms with Gasteiger partial charge >= 0.3 is 0 Å². The number of benzene rings is 2. The number of rotatable bonds is 3. The molecule has 27 heavy (non-hydrogen) atoms. The van der Waals surface area contributed by atoms with E-state index in [9.17, 15) is 9.59 Å². The molecule has 5 heteroatoms. The highest BCUT2D eigenvalue weighted by Crippen LogP contribution is 2.42. The number of nitrogens with one attached hydrogen (secondary N) is 1. The van der Waals surface area contributed by atoms with Gasteiger partial charge in [-0.3, -0.25) is 9.59 Å². The van der Waals surface area contributed by atoms with E-state index in [-0.39, 0.29) is 11.8 Å². The van der Waals surface area contributed by atoms with E-state index in [0.717, 1.165) is 11.1 Å². The van der Waals surface area contributed by atoms with E-state index in [1.807, 2.05) is 54.6 Å². The minimum atomic E-state index is -0.534. The van der Waals surface area contributed by atoms with Crippen LogP contribution in [0.3, 0.4) is 0 Å². The predicted molar refractivity (Wildman–Crippen MR) is 103 cm³/mol. The molecule has 1 aromatic heterocycles. The first-order chi connectivity index (χ1) is 13.2. The topological polar surface area (TPSA) is 62.3 Å². The van der Waals surface area contributed by atoms with Crippen LogP contribution in [-0.4, -0.2) is 28.7 Å². The number of hydrogen-bond acceptors (Lipinski definition) is 3. The summed E-state index contributed by atoms with van der Waals surface area (Å²) in [6, 6.07) is 21.9. The van der Waals surface area contributed by atoms with Gasteiger partial charge in [0.15, 0.2) is 0 Å². The molecule has 2 unspecified atom stereocenters. The summed E-state index contributed by atoms with van der Waals surface area (Å²) in [4.78, 5) is 32.0. The Morgan fingerprint density at radius 2 is 1.67 bits per heavy atom. The summed E-state index contributed by atoms with van der Waals surface area (Å²) in [7, 11) is 1.75. The third-order valence-electron chi connectivity index (χ3n) is 4.92. The van der Waals surface area contributed by atoms with Crippen molar-refractivity contribution in [2.24, 2.45) is 0 Å². The first-order valence-electron chi connectivity index (χ1n) is 8.80. The number of carbonyl (C=O) groups is 2. The molecule has 3 aromatic rings. The van der Waals surface area contributed by atoms with E-state index < -0.39 is 12.0 Å². The van der Waals surface area contributed by atoms with Crippen LogP contribution in [-0.2, 0) is 4.79 Å². The molecule has 1 aliphatic rings. The van der Waals surface area contributed by atoms with E-state index in [4.69, 9.17) is 0 Å². The van der Waals surface area contributed by atoms with Gasteiger partial charge < -0.3 is 10.2 Å². The Morgan fingerprint density at radius 3 is 2.41 bits per heavy atom. The lowest BCUT2D eigenvalue weighted by molar-refractivity contribution is -0.119. The van der Waals surface area contributed by atoms with Crippen LogP contribution in [0.25, 0.3) is 0 Å². The third kappa shape index (κ3) is 3.08. The molecule has 4 rings (SSSR count). The number of amides is 2. The van der Waals surface area contributed by atoms with E-state index in [1.54, 1.807) is 36.3 Å². The van der Waals surface area contributed by atoms with Crippen LogP contribution in [0.4, 0.5) is 5.82 Å². The second-order valence-electron chi connectivity index (χ2n) is 6.54. The number of anilines is 1. The Bertz CT molecular complexity index is 973. The minimum Gasteiger partial charge on any atom is -0.334 e. The number of hydrogen-bond donors (Lipinski definition) is 1. The highest BCUT2D eigenvalue weighted by atomic mass is 16.2. The number of aromatic nitrogens is 1. The fraction of sp³-hybridized carbons (Fsp3) is 0.136. The Kier molecular flexibility index (Phi) is 4.42. The molecule has 0 saturated heterocycles. The SMILES string of the molecule is CN1C(=O)c2ccccc2C(C(=O)Nc2ccccn2)C1c1ccccc1. The molecule has 0 bridgehead atoms. The van der Waals surface area contributed by atoms with Gasteiger partial charge in [0, 0.05) is 18.8 Å². The summed E-state index contributed by atoms with van der Waals surface area (Å²) < 4.78 is 0. The van der Waals surface area contributed by atoms with Gasteiger partial charge in [0.05, 0.1) is 12.0 Å². The smallest absolute Gasteiger partial charge is 0.254 e. The van der Waals surface area contributed by atoms with Crippen molar-refractivity contribution in [3.05, 3.63) is 95.7 Å². The van der Waals surface area contributed by atoms with Crippen molar-refractivity contribution >= 4 is 17.6 Å². The van der Waals surface area contributed by atoms with Crippen molar-refractivity contribution in [2.75, 3.05) is 12.4 Å². The summed E-state index contributed by atoms with van der Waals surface area (Å²) in [5.74, 6) is -0.310. The molecule has 5 nitrogen and oxygen atoms in total. The van der Waals surface area contributed by atoms with Gasteiger partial charge in [0.2, 0.25) is 5.91 Å². The van der Waals surface area contributed by atoms with Gasteiger partial charge in [0.25, 0.3) is 5.91 Å². The van der Waals surface area contributed by atoms with E-state index in [0.29, 0.717) is 11.4 Å². The van der Waals surface area contributed by atoms with Gasteiger partial charge in [-0.25, -0.2) is 4.98 Å². The molecule has 1 aliphatic heterocycles. The number of nitrogens with zero attached hydrogens (tertiary/aromatic N) is 2. The maximum absolute atomic E-state index is 13.3. The second-order valence-corrected chi connectivity index (χ2v) is 6.54. The fourth-order valence-corrected chi connectivity index (χ4v) is 3.66. The van der Waals surface area contributed by atoms with Crippen LogP contribution in [0, 0.1) is 0 Å². The number of pyridine rings is 1. The quantitative estimate of drug-likeness (QED) is 0.779. The van der Waals surface area contributed by atoms with E-state index >= 15 is 0 Å². The van der Waals surface area contributed by atoms with Crippen LogP contribution in [0.15, 0.2) is 79.0 Å². The van der Waals surface area contributed by atoms with Crippen molar-refractivity contribution in [1.29, 1.82) is 0 Å². The van der Waals surface area contributed by atoms with Crippen LogP contribution >= 0.6 is 0 Å². The van der Waals surface area contributed by atoms with Crippen LogP contribution < -0.4 is 5.32 Å². The van der Waals surface area contributed by atoms with Crippen molar-refractivity contribution < 1.29 is 9.59 Å². The monoisotopic (exact) mass is 357 g/mol. The fourth-order valence-electron chi connectivity index (χ4n) is 3.66. The molecule has 0 radical (unpaired) electrons. The van der Waals surface area contributed by atoms with E-state index in [2.05, 4.69) is 10.3 Å². The summed E-state index contributed by atoms with van der Waals surface area (Å²) in [5.41, 5.74) is 2.22. The van der Waals surface area contributed by atoms with Crippen LogP contribution in [0.5, 0.6) is 0 Å². The molecule has 1 N–H and O–H groups in total. The van der Waals surface area contributed by atoms with Crippen molar-refractivity contribution in [3.63, 3.8) is 0 Å². The van der Waals surface area contributed by atoms with Crippen LogP contribution in [0.2, 0.25) is 0 Å². The summed E-state index contributed by atoms with van der Waals surface area (Å²) >= 11 is 0.